The molecule has 0 fully saturated rings. The number of fused-ring (bicyclic) bond motifs is 1. The molecular formula is C17H12F2O3. The number of halogens is 2. The first-order valence-corrected chi connectivity index (χ1v) is 6.70. The number of aryl methyl sites for hydroxylation is 1. The van der Waals surface area contributed by atoms with E-state index in [1.807, 2.05) is 0 Å². The van der Waals surface area contributed by atoms with Gasteiger partial charge in [-0.2, -0.15) is 8.78 Å². The van der Waals surface area contributed by atoms with Crippen molar-refractivity contribution >= 4 is 11.8 Å². The third-order valence-corrected chi connectivity index (χ3v) is 3.60. The number of rotatable bonds is 3. The van der Waals surface area contributed by atoms with Crippen LogP contribution in [0.15, 0.2) is 48.5 Å². The van der Waals surface area contributed by atoms with Crippen molar-refractivity contribution in [1.29, 1.82) is 0 Å². The van der Waals surface area contributed by atoms with Gasteiger partial charge in [0.1, 0.15) is 0 Å². The van der Waals surface area contributed by atoms with Crippen LogP contribution in [0, 0.1) is 6.92 Å². The quantitative estimate of drug-likeness (QED) is 0.641. The van der Waals surface area contributed by atoms with Gasteiger partial charge in [0, 0.05) is 11.1 Å². The number of cyclic esters (lactones) is 1. The molecule has 3 nitrogen and oxygen atoms in total. The molecule has 0 spiro atoms. The summed E-state index contributed by atoms with van der Waals surface area (Å²) in [6, 6.07) is 11.8. The van der Waals surface area contributed by atoms with Crippen LogP contribution < -0.4 is 0 Å². The topological polar surface area (TPSA) is 43.4 Å². The zero-order valence-electron chi connectivity index (χ0n) is 11.7. The van der Waals surface area contributed by atoms with Gasteiger partial charge >= 0.3 is 11.9 Å². The number of carbonyl (C=O) groups excluding carboxylic acids is 2. The third kappa shape index (κ3) is 2.19. The molecule has 1 aliphatic rings. The maximum atomic E-state index is 14.5. The first kappa shape index (κ1) is 14.4. The average Bonchev–Trinajstić information content (AvgIpc) is 2.85. The average molecular weight is 302 g/mol. The second kappa shape index (κ2) is 5.02. The molecule has 0 saturated heterocycles. The minimum absolute atomic E-state index is 0.0462. The highest BCUT2D eigenvalue weighted by molar-refractivity contribution is 6.03. The van der Waals surface area contributed by atoms with E-state index in [2.05, 4.69) is 0 Å². The van der Waals surface area contributed by atoms with Crippen molar-refractivity contribution in [3.05, 3.63) is 70.8 Å². The molecule has 5 heteroatoms. The molecule has 2 aromatic carbocycles. The number of hydrogen-bond donors (Lipinski definition) is 0. The Morgan fingerprint density at radius 1 is 1.14 bits per heavy atom. The van der Waals surface area contributed by atoms with Crippen LogP contribution in [-0.2, 0) is 4.74 Å². The van der Waals surface area contributed by atoms with E-state index in [0.29, 0.717) is 0 Å². The highest BCUT2D eigenvalue weighted by atomic mass is 19.3. The summed E-state index contributed by atoms with van der Waals surface area (Å²) < 4.78 is 33.9. The summed E-state index contributed by atoms with van der Waals surface area (Å²) >= 11 is 0. The van der Waals surface area contributed by atoms with Crippen LogP contribution in [0.4, 0.5) is 8.78 Å². The van der Waals surface area contributed by atoms with Gasteiger partial charge in [0.25, 0.3) is 0 Å². The number of ether oxygens (including phenoxy) is 1. The lowest BCUT2D eigenvalue weighted by atomic mass is 9.94. The molecule has 1 aliphatic heterocycles. The molecule has 112 valence electrons. The van der Waals surface area contributed by atoms with Gasteiger partial charge in [0.15, 0.2) is 6.10 Å². The van der Waals surface area contributed by atoms with E-state index in [1.54, 1.807) is 19.1 Å². The Morgan fingerprint density at radius 2 is 1.82 bits per heavy atom. The Morgan fingerprint density at radius 3 is 2.50 bits per heavy atom. The lowest BCUT2D eigenvalue weighted by Crippen LogP contribution is -2.36. The molecule has 0 bridgehead atoms. The highest BCUT2D eigenvalue weighted by Gasteiger charge is 2.54. The second-order valence-electron chi connectivity index (χ2n) is 5.19. The molecule has 1 atom stereocenters. The van der Waals surface area contributed by atoms with Crippen LogP contribution >= 0.6 is 0 Å². The van der Waals surface area contributed by atoms with Crippen LogP contribution in [0.5, 0.6) is 0 Å². The minimum atomic E-state index is -3.82. The van der Waals surface area contributed by atoms with E-state index in [0.717, 1.165) is 5.56 Å². The number of hydrogen-bond acceptors (Lipinski definition) is 3. The smallest absolute Gasteiger partial charge is 0.349 e. The molecule has 0 unspecified atom stereocenters. The van der Waals surface area contributed by atoms with E-state index in [1.165, 1.54) is 36.4 Å². The monoisotopic (exact) mass is 302 g/mol. The van der Waals surface area contributed by atoms with Crippen molar-refractivity contribution in [1.82, 2.24) is 0 Å². The number of alkyl halides is 2. The maximum Gasteiger partial charge on any atom is 0.349 e. The molecular weight excluding hydrogens is 290 g/mol. The van der Waals surface area contributed by atoms with Crippen LogP contribution in [0.25, 0.3) is 0 Å². The molecule has 0 radical (unpaired) electrons. The molecule has 1 heterocycles. The molecule has 0 aromatic heterocycles. The Balaban J connectivity index is 2.01. The fraction of sp³-hybridized carbons (Fsp3) is 0.176. The fourth-order valence-electron chi connectivity index (χ4n) is 2.48. The Hall–Kier alpha value is -2.56. The fourth-order valence-corrected chi connectivity index (χ4v) is 2.48. The van der Waals surface area contributed by atoms with E-state index in [-0.39, 0.29) is 16.7 Å². The van der Waals surface area contributed by atoms with E-state index in [9.17, 15) is 18.4 Å². The number of esters is 1. The van der Waals surface area contributed by atoms with E-state index >= 15 is 0 Å². The van der Waals surface area contributed by atoms with Crippen molar-refractivity contribution < 1.29 is 23.1 Å². The third-order valence-electron chi connectivity index (χ3n) is 3.60. The van der Waals surface area contributed by atoms with Crippen molar-refractivity contribution in [3.8, 4) is 0 Å². The van der Waals surface area contributed by atoms with Gasteiger partial charge in [0.05, 0.1) is 5.56 Å². The van der Waals surface area contributed by atoms with Crippen LogP contribution in [0.1, 0.15) is 37.9 Å². The summed E-state index contributed by atoms with van der Waals surface area (Å²) in [5, 5.41) is 0. The lowest BCUT2D eigenvalue weighted by molar-refractivity contribution is -0.0820. The van der Waals surface area contributed by atoms with E-state index < -0.39 is 23.8 Å². The first-order chi connectivity index (χ1) is 10.4. The normalized spacial score (nSPS) is 17.0. The van der Waals surface area contributed by atoms with Gasteiger partial charge in [-0.1, -0.05) is 48.0 Å². The van der Waals surface area contributed by atoms with Gasteiger partial charge in [-0.05, 0) is 13.0 Å². The standard InChI is InChI=1S/C17H12F2O3/c1-10-7-8-12-13(9-10)16(21)22-15(12)17(18,19)14(20)11-5-3-2-4-6-11/h2-9,15H,1H3/t15-/m1/s1. The van der Waals surface area contributed by atoms with Gasteiger partial charge in [-0.25, -0.2) is 4.79 Å². The molecule has 0 saturated carbocycles. The van der Waals surface area contributed by atoms with Crippen LogP contribution in [0.2, 0.25) is 0 Å². The lowest BCUT2D eigenvalue weighted by Gasteiger charge is -2.21. The zero-order valence-corrected chi connectivity index (χ0v) is 11.7. The molecule has 3 rings (SSSR count). The molecule has 22 heavy (non-hydrogen) atoms. The van der Waals surface area contributed by atoms with Gasteiger partial charge in [0.2, 0.25) is 5.78 Å². The van der Waals surface area contributed by atoms with Crippen molar-refractivity contribution in [2.45, 2.75) is 19.0 Å². The summed E-state index contributed by atoms with van der Waals surface area (Å²) in [6.07, 6.45) is -1.89. The SMILES string of the molecule is Cc1ccc2c(c1)C(=O)O[C@H]2C(F)(F)C(=O)c1ccccc1. The second-order valence-corrected chi connectivity index (χ2v) is 5.19. The Labute approximate surface area is 125 Å². The minimum Gasteiger partial charge on any atom is -0.447 e. The molecule has 2 aromatic rings. The molecule has 0 amide bonds. The number of Topliss-reactive ketones (excluding diaryl/α,β-unsaturated/α-hetero) is 1. The van der Waals surface area contributed by atoms with Crippen molar-refractivity contribution in [2.24, 2.45) is 0 Å². The molecule has 0 aliphatic carbocycles. The summed E-state index contributed by atoms with van der Waals surface area (Å²) in [4.78, 5) is 23.9. The summed E-state index contributed by atoms with van der Waals surface area (Å²) in [5.41, 5.74) is 0.772. The van der Waals surface area contributed by atoms with Crippen LogP contribution in [0.3, 0.4) is 0 Å². The van der Waals surface area contributed by atoms with E-state index in [4.69, 9.17) is 4.74 Å². The largest absolute Gasteiger partial charge is 0.447 e. The van der Waals surface area contributed by atoms with Crippen molar-refractivity contribution in [2.75, 3.05) is 0 Å². The number of carbonyl (C=O) groups is 2. The number of ketones is 1. The summed E-state index contributed by atoms with van der Waals surface area (Å²) in [5.74, 6) is -6.01. The van der Waals surface area contributed by atoms with Crippen molar-refractivity contribution in [3.63, 3.8) is 0 Å². The summed E-state index contributed by atoms with van der Waals surface area (Å²) in [7, 11) is 0. The Kier molecular flexibility index (Phi) is 3.28. The van der Waals surface area contributed by atoms with Gasteiger partial charge < -0.3 is 4.74 Å². The van der Waals surface area contributed by atoms with Gasteiger partial charge in [-0.15, -0.1) is 0 Å². The predicted octanol–water partition coefficient (Wildman–Crippen LogP) is 3.72. The first-order valence-electron chi connectivity index (χ1n) is 6.70. The zero-order chi connectivity index (χ0) is 15.9. The number of benzene rings is 2. The van der Waals surface area contributed by atoms with Gasteiger partial charge in [-0.3, -0.25) is 4.79 Å². The summed E-state index contributed by atoms with van der Waals surface area (Å²) in [6.45, 7) is 1.74. The Bertz CT molecular complexity index is 754. The highest BCUT2D eigenvalue weighted by Crippen LogP contribution is 2.43. The maximum absolute atomic E-state index is 14.5. The predicted molar refractivity (Wildman–Crippen MR) is 75.1 cm³/mol. The molecule has 0 N–H and O–H groups in total. The van der Waals surface area contributed by atoms with Crippen LogP contribution in [-0.4, -0.2) is 17.7 Å².